The number of fused-ring (bicyclic) bond motifs is 15. The Balaban J connectivity index is 0.000000145. The minimum Gasteiger partial charge on any atom is -0.455 e. The zero-order valence-electron chi connectivity index (χ0n) is 73.1. The molecule has 20 aromatic carbocycles. The van der Waals surface area contributed by atoms with E-state index in [1.807, 2.05) is 24.3 Å². The van der Waals surface area contributed by atoms with E-state index in [9.17, 15) is 0 Å². The fraction of sp³-hybridized carbons (Fsp3) is 0.0476. The third kappa shape index (κ3) is 13.6. The van der Waals surface area contributed by atoms with Crippen LogP contribution in [-0.2, 0) is 10.8 Å². The maximum Gasteiger partial charge on any atom is 0.143 e. The first kappa shape index (κ1) is 77.9. The van der Waals surface area contributed by atoms with Gasteiger partial charge in [0.05, 0.1) is 11.0 Å². The van der Waals surface area contributed by atoms with Crippen LogP contribution >= 0.6 is 0 Å². The van der Waals surface area contributed by atoms with Crippen molar-refractivity contribution in [2.24, 2.45) is 0 Å². The molecule has 0 N–H and O–H groups in total. The Kier molecular flexibility index (Phi) is 18.9. The summed E-state index contributed by atoms with van der Waals surface area (Å²) in [6.07, 6.45) is 0. The van der Waals surface area contributed by atoms with Crippen LogP contribution in [0.4, 0.5) is 34.1 Å². The Morgan fingerprint density at radius 1 is 0.183 bits per heavy atom. The molecule has 0 saturated carbocycles. The minimum absolute atomic E-state index is 0.0415. The van der Waals surface area contributed by atoms with Gasteiger partial charge in [-0.15, -0.1) is 0 Å². The molecule has 0 saturated heterocycles. The predicted octanol–water partition coefficient (Wildman–Crippen LogP) is 35.2. The van der Waals surface area contributed by atoms with Crippen molar-refractivity contribution in [1.82, 2.24) is 4.57 Å². The molecule has 5 heteroatoms. The molecule has 0 aliphatic heterocycles. The quantitative estimate of drug-likeness (QED) is 0.103. The summed E-state index contributed by atoms with van der Waals surface area (Å²) in [6.45, 7) is 9.39. The first-order valence-corrected chi connectivity index (χ1v) is 45.3. The SMILES string of the molecule is CC1(C)c2ccccc2-c2ccc(-c3ccc(N(c4ccc(-c5ccccc5)cc4)c4ccc(-c5ccc(-c6ccc7c(c6)c6ccccc6n7-c6ccccc6)cc5)cc4)cc3)cc21.CC1(C)c2ccccc2-c2ccc(N(c3ccc(-c4ccc(-c5cccc6c5oc5ccccc56)cc4)cc3)c3ccc(-c4ccc(-c5cccc6c5oc5ccccc56)cc4)cc3)cc21. The van der Waals surface area contributed by atoms with Gasteiger partial charge in [-0.25, -0.2) is 0 Å². The number of aromatic nitrogens is 1. The summed E-state index contributed by atoms with van der Waals surface area (Å²) < 4.78 is 15.1. The van der Waals surface area contributed by atoms with Crippen molar-refractivity contribution in [3.8, 4) is 117 Å². The first-order valence-electron chi connectivity index (χ1n) is 45.3. The Bertz CT molecular complexity index is 8110. The molecule has 0 radical (unpaired) electrons. The molecular weight excluding hydrogens is 1590 g/mol. The molecule has 25 rings (SSSR count). The van der Waals surface area contributed by atoms with Crippen LogP contribution < -0.4 is 9.80 Å². The highest BCUT2D eigenvalue weighted by molar-refractivity contribution is 6.13. The van der Waals surface area contributed by atoms with Crippen LogP contribution in [-0.4, -0.2) is 4.57 Å². The molecule has 131 heavy (non-hydrogen) atoms. The van der Waals surface area contributed by atoms with E-state index in [0.29, 0.717) is 0 Å². The third-order valence-electron chi connectivity index (χ3n) is 27.6. The standard InChI is InChI=1S/C63H46N2.C63H43NO2/c1-63(2)59-19-11-9-17-55(59)56-39-31-50(42-60(56)63)48-29-37-54(38-30-48)64(52-33-25-45(26-34-52)43-13-5-3-6-14-43)53-35-27-46(28-36-53)44-21-23-47(24-22-44)49-32-40-62-58(41-49)57-18-10-12-20-61(57)65(62)51-15-7-4-8-16-51;1-63(2)57-18-6-3-11-51(57)52-38-37-48(39-58(52)63)64(46-33-29-42(30-34-46)40-21-25-44(26-22-40)49-14-9-16-55-53-12-4-7-19-59(53)65-61(49)55)47-35-31-43(32-36-47)41-23-27-45(28-24-41)50-15-10-17-56-54-13-5-8-20-60(54)66-62(50)56/h3-42H,1-2H3;3-39H,1-2H3. The van der Waals surface area contributed by atoms with Crippen molar-refractivity contribution in [2.45, 2.75) is 38.5 Å². The van der Waals surface area contributed by atoms with E-state index in [4.69, 9.17) is 8.83 Å². The van der Waals surface area contributed by atoms with E-state index in [-0.39, 0.29) is 10.8 Å². The zero-order chi connectivity index (χ0) is 87.4. The normalized spacial score (nSPS) is 12.7. The van der Waals surface area contributed by atoms with Crippen LogP contribution in [0.5, 0.6) is 0 Å². The number of hydrogen-bond donors (Lipinski definition) is 0. The molecule has 2 aliphatic carbocycles. The van der Waals surface area contributed by atoms with Gasteiger partial charge in [0.1, 0.15) is 22.3 Å². The number of furan rings is 2. The molecule has 5 nitrogen and oxygen atoms in total. The van der Waals surface area contributed by atoms with Gasteiger partial charge in [-0.1, -0.05) is 373 Å². The molecular formula is C126H89N3O2. The van der Waals surface area contributed by atoms with Crippen molar-refractivity contribution in [1.29, 1.82) is 0 Å². The molecule has 0 bridgehead atoms. The van der Waals surface area contributed by atoms with Gasteiger partial charge < -0.3 is 23.2 Å². The number of nitrogens with zero attached hydrogens (tertiary/aromatic N) is 3. The van der Waals surface area contributed by atoms with Gasteiger partial charge in [-0.2, -0.15) is 0 Å². The lowest BCUT2D eigenvalue weighted by Crippen LogP contribution is -2.16. The van der Waals surface area contributed by atoms with E-state index in [2.05, 4.69) is 485 Å². The molecule has 0 amide bonds. The van der Waals surface area contributed by atoms with Crippen LogP contribution in [0, 0.1) is 0 Å². The van der Waals surface area contributed by atoms with E-state index >= 15 is 0 Å². The molecule has 3 aromatic heterocycles. The fourth-order valence-electron chi connectivity index (χ4n) is 20.8. The monoisotopic (exact) mass is 1680 g/mol. The van der Waals surface area contributed by atoms with Gasteiger partial charge in [-0.3, -0.25) is 0 Å². The highest BCUT2D eigenvalue weighted by atomic mass is 16.3. The van der Waals surface area contributed by atoms with Crippen molar-refractivity contribution < 1.29 is 8.83 Å². The Hall–Kier alpha value is -16.6. The minimum atomic E-state index is -0.120. The van der Waals surface area contributed by atoms with Gasteiger partial charge in [0.2, 0.25) is 0 Å². The van der Waals surface area contributed by atoms with E-state index in [1.54, 1.807) is 0 Å². The lowest BCUT2D eigenvalue weighted by molar-refractivity contribution is 0.660. The summed E-state index contributed by atoms with van der Waals surface area (Å²) >= 11 is 0. The molecule has 0 spiro atoms. The number of benzene rings is 20. The lowest BCUT2D eigenvalue weighted by atomic mass is 9.81. The van der Waals surface area contributed by atoms with Gasteiger partial charge in [0.25, 0.3) is 0 Å². The van der Waals surface area contributed by atoms with Crippen LogP contribution in [0.25, 0.3) is 183 Å². The third-order valence-corrected chi connectivity index (χ3v) is 27.6. The van der Waals surface area contributed by atoms with Crippen molar-refractivity contribution >= 4 is 99.8 Å². The molecule has 0 unspecified atom stereocenters. The average Bonchev–Trinajstić information content (AvgIpc) is 1.57. The number of para-hydroxylation sites is 6. The van der Waals surface area contributed by atoms with Crippen LogP contribution in [0.1, 0.15) is 49.9 Å². The zero-order valence-corrected chi connectivity index (χ0v) is 73.1. The Morgan fingerprint density at radius 3 is 0.931 bits per heavy atom. The number of hydrogen-bond acceptors (Lipinski definition) is 4. The lowest BCUT2D eigenvalue weighted by Gasteiger charge is -2.28. The van der Waals surface area contributed by atoms with E-state index < -0.39 is 0 Å². The average molecular weight is 1680 g/mol. The summed E-state index contributed by atoms with van der Waals surface area (Å²) in [6, 6.07) is 170. The molecule has 620 valence electrons. The van der Waals surface area contributed by atoms with Gasteiger partial charge in [-0.05, 0) is 244 Å². The maximum atomic E-state index is 6.37. The second kappa shape index (κ2) is 31.8. The summed E-state index contributed by atoms with van der Waals surface area (Å²) in [4.78, 5) is 4.75. The fourth-order valence-corrected chi connectivity index (χ4v) is 20.8. The van der Waals surface area contributed by atoms with Crippen molar-refractivity contribution in [3.05, 3.63) is 489 Å². The van der Waals surface area contributed by atoms with Gasteiger partial charge in [0.15, 0.2) is 0 Å². The van der Waals surface area contributed by atoms with Gasteiger partial charge in [0, 0.05) is 94.1 Å². The summed E-state index contributed by atoms with van der Waals surface area (Å²) in [5.74, 6) is 0. The van der Waals surface area contributed by atoms with Crippen molar-refractivity contribution in [3.63, 3.8) is 0 Å². The Morgan fingerprint density at radius 2 is 0.473 bits per heavy atom. The van der Waals surface area contributed by atoms with Crippen molar-refractivity contribution in [2.75, 3.05) is 9.80 Å². The topological polar surface area (TPSA) is 37.7 Å². The molecule has 2 aliphatic rings. The van der Waals surface area contributed by atoms with Crippen LogP contribution in [0.2, 0.25) is 0 Å². The second-order valence-electron chi connectivity index (χ2n) is 35.8. The maximum absolute atomic E-state index is 6.37. The highest BCUT2D eigenvalue weighted by Crippen LogP contribution is 2.54. The first-order chi connectivity index (χ1) is 64.4. The summed E-state index contributed by atoms with van der Waals surface area (Å²) in [5.41, 5.74) is 43.3. The number of anilines is 6. The van der Waals surface area contributed by atoms with E-state index in [1.165, 1.54) is 117 Å². The highest BCUT2D eigenvalue weighted by Gasteiger charge is 2.37. The number of rotatable bonds is 15. The van der Waals surface area contributed by atoms with E-state index in [0.717, 1.165) is 123 Å². The van der Waals surface area contributed by atoms with Gasteiger partial charge >= 0.3 is 0 Å². The molecule has 23 aromatic rings. The second-order valence-corrected chi connectivity index (χ2v) is 35.8. The van der Waals surface area contributed by atoms with Crippen LogP contribution in [0.3, 0.4) is 0 Å². The Labute approximate surface area is 762 Å². The van der Waals surface area contributed by atoms with Crippen LogP contribution in [0.15, 0.2) is 476 Å². The molecule has 3 heterocycles. The largest absolute Gasteiger partial charge is 0.455 e. The molecule has 0 fully saturated rings. The summed E-state index contributed by atoms with van der Waals surface area (Å²) in [5, 5.41) is 7.09. The summed E-state index contributed by atoms with van der Waals surface area (Å²) in [7, 11) is 0. The smallest absolute Gasteiger partial charge is 0.143 e. The molecule has 0 atom stereocenters. The predicted molar refractivity (Wildman–Crippen MR) is 550 cm³/mol.